The Balaban J connectivity index is 1.37. The molecule has 1 saturated carbocycles. The van der Waals surface area contributed by atoms with Gasteiger partial charge in [-0.05, 0) is 51.3 Å². The van der Waals surface area contributed by atoms with Crippen LogP contribution in [-0.4, -0.2) is 117 Å². The smallest absolute Gasteiger partial charge is 0.333 e. The van der Waals surface area contributed by atoms with E-state index >= 15 is 0 Å². The molecular weight excluding hydrogens is 646 g/mol. The van der Waals surface area contributed by atoms with Crippen LogP contribution in [0.3, 0.4) is 0 Å². The number of hydrogen-bond acceptors (Lipinski definition) is 10. The number of carboxylic acids is 1. The molecule has 1 aliphatic carbocycles. The van der Waals surface area contributed by atoms with Gasteiger partial charge >= 0.3 is 18.0 Å². The Kier molecular flexibility index (Phi) is 10.3. The summed E-state index contributed by atoms with van der Waals surface area (Å²) in [6.45, 7) is 8.66. The first-order chi connectivity index (χ1) is 23.8. The maximum absolute atomic E-state index is 13.8. The fourth-order valence-corrected chi connectivity index (χ4v) is 7.13. The number of carboxylic acid groups (broad SMARTS) is 1. The Hall–Kier alpha value is -5.28. The largest absolute Gasteiger partial charge is 0.480 e. The van der Waals surface area contributed by atoms with Crippen LogP contribution in [0.1, 0.15) is 65.4 Å². The Morgan fingerprint density at radius 2 is 1.62 bits per heavy atom. The molecule has 1 aromatic carbocycles. The van der Waals surface area contributed by atoms with Crippen LogP contribution in [0.25, 0.3) is 0 Å². The van der Waals surface area contributed by atoms with E-state index in [4.69, 9.17) is 0 Å². The second-order valence-corrected chi connectivity index (χ2v) is 12.8. The molecule has 3 aliphatic rings. The molecule has 3 heterocycles. The first-order valence-electron chi connectivity index (χ1n) is 17.0. The molecule has 16 nitrogen and oxygen atoms in total. The molecule has 2 aliphatic heterocycles. The number of carbonyl (C=O) groups excluding carboxylic acids is 5. The lowest BCUT2D eigenvalue weighted by atomic mass is 9.80. The Morgan fingerprint density at radius 1 is 0.980 bits per heavy atom. The van der Waals surface area contributed by atoms with Crippen LogP contribution < -0.4 is 20.0 Å². The zero-order chi connectivity index (χ0) is 36.5. The summed E-state index contributed by atoms with van der Waals surface area (Å²) in [5.41, 5.74) is 0.114. The van der Waals surface area contributed by atoms with Gasteiger partial charge in [-0.15, -0.1) is 0 Å². The number of hydrogen-bond donors (Lipinski definition) is 2. The van der Waals surface area contributed by atoms with E-state index in [0.717, 1.165) is 34.0 Å². The lowest BCUT2D eigenvalue weighted by Crippen LogP contribution is -2.53. The summed E-state index contributed by atoms with van der Waals surface area (Å²) in [4.78, 5) is 96.0. The van der Waals surface area contributed by atoms with Crippen molar-refractivity contribution < 1.29 is 33.9 Å². The molecule has 2 atom stereocenters. The van der Waals surface area contributed by atoms with Crippen LogP contribution in [-0.2, 0) is 25.6 Å². The van der Waals surface area contributed by atoms with Crippen molar-refractivity contribution in [2.45, 2.75) is 84.0 Å². The third-order valence-corrected chi connectivity index (χ3v) is 10.0. The molecule has 0 radical (unpaired) electrons. The predicted octanol–water partition coefficient (Wildman–Crippen LogP) is 3.12. The topological polar surface area (TPSA) is 180 Å². The molecule has 2 aromatic rings. The Labute approximate surface area is 291 Å². The molecule has 3 fully saturated rings. The maximum atomic E-state index is 13.8. The van der Waals surface area contributed by atoms with Gasteiger partial charge in [-0.25, -0.2) is 29.2 Å². The lowest BCUT2D eigenvalue weighted by Gasteiger charge is -2.36. The summed E-state index contributed by atoms with van der Waals surface area (Å²) < 4.78 is 0. The normalized spacial score (nSPS) is 19.4. The Morgan fingerprint density at radius 3 is 2.18 bits per heavy atom. The zero-order valence-corrected chi connectivity index (χ0v) is 29.4. The second-order valence-electron chi connectivity index (χ2n) is 12.8. The average molecular weight is 692 g/mol. The van der Waals surface area contributed by atoms with E-state index < -0.39 is 47.6 Å². The monoisotopic (exact) mass is 691 g/mol. The molecule has 268 valence electrons. The molecule has 50 heavy (non-hydrogen) atoms. The van der Waals surface area contributed by atoms with Gasteiger partial charge in [0.05, 0.1) is 11.9 Å². The molecule has 0 bridgehead atoms. The number of carbonyl (C=O) groups is 6. The number of urea groups is 2. The predicted molar refractivity (Wildman–Crippen MR) is 185 cm³/mol. The minimum atomic E-state index is -1.42. The summed E-state index contributed by atoms with van der Waals surface area (Å²) >= 11 is 0. The quantitative estimate of drug-likeness (QED) is 0.312. The number of aliphatic carboxylic acids is 1. The number of nitrogens with one attached hydrogen (secondary N) is 1. The molecule has 16 heteroatoms. The van der Waals surface area contributed by atoms with Crippen molar-refractivity contribution in [2.75, 3.05) is 53.7 Å². The summed E-state index contributed by atoms with van der Waals surface area (Å²) in [5.74, 6) is -2.04. The van der Waals surface area contributed by atoms with E-state index in [1.165, 1.54) is 42.1 Å². The van der Waals surface area contributed by atoms with Crippen LogP contribution in [0.2, 0.25) is 0 Å². The van der Waals surface area contributed by atoms with E-state index in [1.807, 2.05) is 18.7 Å². The summed E-state index contributed by atoms with van der Waals surface area (Å²) in [5, 5.41) is 13.2. The van der Waals surface area contributed by atoms with Gasteiger partial charge in [0.2, 0.25) is 11.9 Å². The van der Waals surface area contributed by atoms with Gasteiger partial charge in [0.25, 0.3) is 11.8 Å². The van der Waals surface area contributed by atoms with Crippen LogP contribution in [0.4, 0.5) is 32.7 Å². The van der Waals surface area contributed by atoms with Crippen molar-refractivity contribution in [1.82, 2.24) is 24.7 Å². The third-order valence-electron chi connectivity index (χ3n) is 10.0. The highest BCUT2D eigenvalue weighted by molar-refractivity contribution is 6.23. The van der Waals surface area contributed by atoms with Crippen molar-refractivity contribution in [3.63, 3.8) is 0 Å². The number of anilines is 4. The number of rotatable bonds is 12. The van der Waals surface area contributed by atoms with Gasteiger partial charge < -0.3 is 25.1 Å². The van der Waals surface area contributed by atoms with Crippen molar-refractivity contribution in [3.8, 4) is 0 Å². The number of likely N-dealkylation sites (N-methyl/N-ethyl adjacent to an activating group) is 2. The van der Waals surface area contributed by atoms with Gasteiger partial charge in [0.1, 0.15) is 17.3 Å². The molecule has 1 spiro atoms. The van der Waals surface area contributed by atoms with Gasteiger partial charge in [0, 0.05) is 47.1 Å². The lowest BCUT2D eigenvalue weighted by molar-refractivity contribution is -0.141. The van der Waals surface area contributed by atoms with Crippen LogP contribution in [0.15, 0.2) is 30.5 Å². The highest BCUT2D eigenvalue weighted by Crippen LogP contribution is 2.41. The van der Waals surface area contributed by atoms with E-state index in [0.29, 0.717) is 49.7 Å². The molecule has 1 aromatic heterocycles. The van der Waals surface area contributed by atoms with Gasteiger partial charge in [-0.1, -0.05) is 31.4 Å². The third kappa shape index (κ3) is 6.18. The van der Waals surface area contributed by atoms with Crippen LogP contribution >= 0.6 is 0 Å². The minimum Gasteiger partial charge on any atom is -0.480 e. The van der Waals surface area contributed by atoms with Crippen molar-refractivity contribution >= 4 is 58.9 Å². The summed E-state index contributed by atoms with van der Waals surface area (Å²) in [7, 11) is 2.95. The average Bonchev–Trinajstić information content (AvgIpc) is 3.41. The number of benzene rings is 1. The van der Waals surface area contributed by atoms with Crippen LogP contribution in [0.5, 0.6) is 0 Å². The highest BCUT2D eigenvalue weighted by atomic mass is 16.4. The number of nitrogens with zero attached hydrogens (tertiary/aromatic N) is 8. The summed E-state index contributed by atoms with van der Waals surface area (Å²) in [6.07, 6.45) is 3.61. The Bertz CT molecular complexity index is 1670. The van der Waals surface area contributed by atoms with E-state index in [-0.39, 0.29) is 23.8 Å². The molecular formula is C34H45N9O7. The maximum Gasteiger partial charge on any atom is 0.333 e. The van der Waals surface area contributed by atoms with Gasteiger partial charge in [0.15, 0.2) is 12.0 Å². The fourth-order valence-electron chi connectivity index (χ4n) is 7.13. The standard InChI is InChI=1S/C34H45N9O7/c1-7-40(8-2)31-35-20-25(41(9-3)21(4)44)26(37-31)36-24(29(46)47)19-22-13-15-23(16-14-22)42-28(45)27(38(5)32(42)49)43-30(48)34(39(6)33(43)50)17-11-10-12-18-34/h13-16,20,24,27H,7-12,17-19H2,1-6H3,(H,46,47)(H,35,36,37)/t24?,27-/m0/s1. The zero-order valence-electron chi connectivity index (χ0n) is 29.4. The molecule has 5 rings (SSSR count). The molecule has 7 amide bonds. The number of imide groups is 2. The fraction of sp³-hybridized carbons (Fsp3) is 0.529. The minimum absolute atomic E-state index is 0.0124. The first kappa shape index (κ1) is 36.0. The molecule has 2 saturated heterocycles. The van der Waals surface area contributed by atoms with Crippen molar-refractivity contribution in [2.24, 2.45) is 0 Å². The summed E-state index contributed by atoms with van der Waals surface area (Å²) in [6, 6.07) is 3.77. The highest BCUT2D eigenvalue weighted by Gasteiger charge is 2.62. The van der Waals surface area contributed by atoms with Gasteiger partial charge in [-0.3, -0.25) is 19.3 Å². The number of amides is 7. The van der Waals surface area contributed by atoms with E-state index in [2.05, 4.69) is 15.3 Å². The number of aromatic nitrogens is 2. The van der Waals surface area contributed by atoms with E-state index in [9.17, 15) is 33.9 Å². The van der Waals surface area contributed by atoms with Crippen molar-refractivity contribution in [1.29, 1.82) is 0 Å². The molecule has 2 N–H and O–H groups in total. The molecule has 1 unspecified atom stereocenters. The first-order valence-corrected chi connectivity index (χ1v) is 17.0. The van der Waals surface area contributed by atoms with E-state index in [1.54, 1.807) is 26.1 Å². The van der Waals surface area contributed by atoms with Crippen LogP contribution in [0, 0.1) is 0 Å². The SMILES string of the molecule is CCN(CC)c1ncc(N(CC)C(C)=O)c(NC(Cc2ccc(N3C(=O)[C@H](N4C(=O)N(C)C5(CCCCC5)C4=O)N(C)C3=O)cc2)C(=O)O)n1. The second kappa shape index (κ2) is 14.3. The van der Waals surface area contributed by atoms with Crippen molar-refractivity contribution in [3.05, 3.63) is 36.0 Å². The van der Waals surface area contributed by atoms with Gasteiger partial charge in [-0.2, -0.15) is 4.98 Å².